The third kappa shape index (κ3) is 4.85. The van der Waals surface area contributed by atoms with Crippen molar-refractivity contribution in [2.24, 2.45) is 50.7 Å². The second-order valence-electron chi connectivity index (χ2n) is 17.1. The maximum atomic E-state index is 12.2. The Bertz CT molecular complexity index is 1300. The van der Waals surface area contributed by atoms with Crippen molar-refractivity contribution in [3.8, 4) is 0 Å². The van der Waals surface area contributed by atoms with Gasteiger partial charge in [-0.3, -0.25) is 14.4 Å². The van der Waals surface area contributed by atoms with E-state index in [0.717, 1.165) is 51.2 Å². The summed E-state index contributed by atoms with van der Waals surface area (Å²) in [5, 5.41) is 32.8. The number of carbonyl (C=O) groups is 3. The molecule has 5 aliphatic carbocycles. The van der Waals surface area contributed by atoms with Crippen LogP contribution in [0, 0.1) is 50.7 Å². The topological polar surface area (TPSA) is 149 Å². The number of fused-ring (bicyclic) bond motifs is 3. The molecule has 0 aromatic heterocycles. The average Bonchev–Trinajstić information content (AvgIpc) is 3.58. The number of esters is 2. The molecule has 6 rings (SSSR count). The van der Waals surface area contributed by atoms with Crippen LogP contribution in [0.15, 0.2) is 12.2 Å². The van der Waals surface area contributed by atoms with Crippen molar-refractivity contribution >= 4 is 18.2 Å². The summed E-state index contributed by atoms with van der Waals surface area (Å²) in [4.78, 5) is 35.6. The summed E-state index contributed by atoms with van der Waals surface area (Å²) in [6, 6.07) is 0. The SMILES string of the molecule is C=C(C=O)[C@H](C)[C@@H]1CC[C@]23C[C@]12CC[C@@H]1[C@@]2(C)CC[C@@H](OC(C)=O)C(C)(C)[C@H]2C[C@@H](O[C@@H]2O[C@H](COC(C)=O)[C@@H](O)[C@H](O)[C@@H]2O)[C@]13C. The van der Waals surface area contributed by atoms with E-state index < -0.39 is 36.7 Å². The quantitative estimate of drug-likeness (QED) is 0.150. The number of aliphatic hydroxyl groups is 3. The zero-order valence-electron chi connectivity index (χ0n) is 29.2. The van der Waals surface area contributed by atoms with E-state index in [-0.39, 0.29) is 69.6 Å². The Hall–Kier alpha value is -1.85. The smallest absolute Gasteiger partial charge is 0.302 e. The molecule has 6 aliphatic rings. The molecule has 0 spiro atoms. The molecule has 47 heavy (non-hydrogen) atoms. The molecule has 0 aromatic carbocycles. The summed E-state index contributed by atoms with van der Waals surface area (Å²) in [7, 11) is 0. The highest BCUT2D eigenvalue weighted by Gasteiger charge is 2.85. The van der Waals surface area contributed by atoms with Crippen LogP contribution < -0.4 is 0 Å². The van der Waals surface area contributed by atoms with Crippen molar-refractivity contribution in [1.82, 2.24) is 0 Å². The standard InChI is InChI=1S/C37H56O10/c1-19(16-38)20(2)23-9-14-37-18-36(23,37)13-10-25-34(7)12-11-27(45-22(4)40)33(5,6)26(34)15-28(35(25,37)8)47-32-31(43)30(42)29(41)24(46-32)17-44-21(3)39/h16,20,23-32,41-43H,1,9-15,17-18H2,2-8H3/t20-,23-,24+,25+,26+,27+,28+,29+,30-,31-,32-,34+,35-,36+,37+/m0/s1. The van der Waals surface area contributed by atoms with Crippen molar-refractivity contribution in [2.75, 3.05) is 6.61 Å². The molecule has 1 heterocycles. The number of ether oxygens (including phenoxy) is 4. The lowest BCUT2D eigenvalue weighted by atomic mass is 9.37. The van der Waals surface area contributed by atoms with Crippen LogP contribution in [-0.4, -0.2) is 83.1 Å². The summed E-state index contributed by atoms with van der Waals surface area (Å²) < 4.78 is 24.2. The lowest BCUT2D eigenvalue weighted by molar-refractivity contribution is -0.344. The summed E-state index contributed by atoms with van der Waals surface area (Å²) in [5.74, 6) is -0.00407. The molecule has 3 N–H and O–H groups in total. The number of aldehydes is 1. The second-order valence-corrected chi connectivity index (χ2v) is 17.1. The van der Waals surface area contributed by atoms with Gasteiger partial charge in [-0.05, 0) is 96.9 Å². The monoisotopic (exact) mass is 660 g/mol. The zero-order chi connectivity index (χ0) is 34.5. The first kappa shape index (κ1) is 35.0. The number of carbonyl (C=O) groups excluding carboxylic acids is 3. The van der Waals surface area contributed by atoms with E-state index >= 15 is 0 Å². The molecule has 0 unspecified atom stereocenters. The Morgan fingerprint density at radius 3 is 2.28 bits per heavy atom. The van der Waals surface area contributed by atoms with Crippen molar-refractivity contribution < 1.29 is 48.7 Å². The van der Waals surface area contributed by atoms with E-state index in [1.807, 2.05) is 0 Å². The van der Waals surface area contributed by atoms with Crippen molar-refractivity contribution in [3.63, 3.8) is 0 Å². The first-order valence-corrected chi connectivity index (χ1v) is 17.7. The Morgan fingerprint density at radius 2 is 1.64 bits per heavy atom. The Kier molecular flexibility index (Phi) is 8.64. The van der Waals surface area contributed by atoms with Crippen molar-refractivity contribution in [2.45, 2.75) is 143 Å². The fourth-order valence-corrected chi connectivity index (χ4v) is 12.8. The fraction of sp³-hybridized carbons (Fsp3) is 0.865. The molecule has 10 nitrogen and oxygen atoms in total. The van der Waals surface area contributed by atoms with Gasteiger partial charge >= 0.3 is 11.9 Å². The van der Waals surface area contributed by atoms with Gasteiger partial charge in [0.2, 0.25) is 0 Å². The van der Waals surface area contributed by atoms with Gasteiger partial charge in [0.05, 0.1) is 6.10 Å². The molecule has 0 radical (unpaired) electrons. The number of hydrogen-bond donors (Lipinski definition) is 3. The van der Waals surface area contributed by atoms with E-state index in [1.54, 1.807) is 0 Å². The highest BCUT2D eigenvalue weighted by Crippen LogP contribution is 2.91. The molecule has 5 saturated carbocycles. The Labute approximate surface area is 278 Å². The van der Waals surface area contributed by atoms with Gasteiger partial charge in [0.1, 0.15) is 43.4 Å². The van der Waals surface area contributed by atoms with Crippen LogP contribution in [0.5, 0.6) is 0 Å². The van der Waals surface area contributed by atoms with Gasteiger partial charge in [-0.1, -0.05) is 41.2 Å². The minimum absolute atomic E-state index is 0.0323. The number of rotatable bonds is 8. The molecule has 10 heteroatoms. The normalized spacial score (nSPS) is 50.1. The average molecular weight is 661 g/mol. The van der Waals surface area contributed by atoms with E-state index in [2.05, 4.69) is 41.2 Å². The molecule has 0 bridgehead atoms. The first-order chi connectivity index (χ1) is 21.9. The van der Waals surface area contributed by atoms with Crippen LogP contribution >= 0.6 is 0 Å². The minimum Gasteiger partial charge on any atom is -0.463 e. The van der Waals surface area contributed by atoms with E-state index in [1.165, 1.54) is 13.8 Å². The predicted molar refractivity (Wildman–Crippen MR) is 170 cm³/mol. The number of hydrogen-bond acceptors (Lipinski definition) is 10. The van der Waals surface area contributed by atoms with Crippen LogP contribution in [0.25, 0.3) is 0 Å². The highest BCUT2D eigenvalue weighted by atomic mass is 16.7. The van der Waals surface area contributed by atoms with E-state index in [9.17, 15) is 29.7 Å². The number of aliphatic hydroxyl groups excluding tert-OH is 3. The summed E-state index contributed by atoms with van der Waals surface area (Å²) in [6.45, 7) is 17.9. The van der Waals surface area contributed by atoms with Crippen molar-refractivity contribution in [1.29, 1.82) is 0 Å². The van der Waals surface area contributed by atoms with Gasteiger partial charge in [0, 0.05) is 24.7 Å². The fourth-order valence-electron chi connectivity index (χ4n) is 12.8. The van der Waals surface area contributed by atoms with Crippen LogP contribution in [0.3, 0.4) is 0 Å². The van der Waals surface area contributed by atoms with Gasteiger partial charge in [0.15, 0.2) is 6.29 Å². The second kappa shape index (κ2) is 11.6. The lowest BCUT2D eigenvalue weighted by Gasteiger charge is -2.69. The summed E-state index contributed by atoms with van der Waals surface area (Å²) in [5.41, 5.74) is -0.0564. The minimum atomic E-state index is -1.55. The molecular weight excluding hydrogens is 604 g/mol. The van der Waals surface area contributed by atoms with Crippen LogP contribution in [0.4, 0.5) is 0 Å². The molecule has 0 amide bonds. The lowest BCUT2D eigenvalue weighted by Crippen LogP contribution is -2.68. The molecule has 15 atom stereocenters. The Balaban J connectivity index is 1.40. The highest BCUT2D eigenvalue weighted by molar-refractivity contribution is 5.73. The van der Waals surface area contributed by atoms with Gasteiger partial charge in [-0.2, -0.15) is 0 Å². The molecular formula is C37H56O10. The molecule has 1 aliphatic heterocycles. The third-order valence-electron chi connectivity index (χ3n) is 15.1. The molecule has 6 fully saturated rings. The van der Waals surface area contributed by atoms with E-state index in [4.69, 9.17) is 18.9 Å². The largest absolute Gasteiger partial charge is 0.463 e. The van der Waals surface area contributed by atoms with Crippen LogP contribution in [0.1, 0.15) is 99.8 Å². The zero-order valence-corrected chi connectivity index (χ0v) is 29.2. The Morgan fingerprint density at radius 1 is 0.936 bits per heavy atom. The van der Waals surface area contributed by atoms with Crippen LogP contribution in [0.2, 0.25) is 0 Å². The van der Waals surface area contributed by atoms with Gasteiger partial charge in [-0.15, -0.1) is 0 Å². The summed E-state index contributed by atoms with van der Waals surface area (Å²) >= 11 is 0. The maximum absolute atomic E-state index is 12.2. The number of allylic oxidation sites excluding steroid dienone is 1. The van der Waals surface area contributed by atoms with Gasteiger partial charge in [-0.25, -0.2) is 0 Å². The predicted octanol–water partition coefficient (Wildman–Crippen LogP) is 4.11. The summed E-state index contributed by atoms with van der Waals surface area (Å²) in [6.07, 6.45) is 0.957. The van der Waals surface area contributed by atoms with Gasteiger partial charge < -0.3 is 34.3 Å². The molecule has 0 aromatic rings. The third-order valence-corrected chi connectivity index (χ3v) is 15.1. The first-order valence-electron chi connectivity index (χ1n) is 17.7. The van der Waals surface area contributed by atoms with E-state index in [0.29, 0.717) is 17.9 Å². The van der Waals surface area contributed by atoms with Crippen molar-refractivity contribution in [3.05, 3.63) is 12.2 Å². The maximum Gasteiger partial charge on any atom is 0.302 e. The van der Waals surface area contributed by atoms with Crippen LogP contribution in [-0.2, 0) is 33.3 Å². The molecule has 264 valence electrons. The molecule has 1 saturated heterocycles. The van der Waals surface area contributed by atoms with Gasteiger partial charge in [0.25, 0.3) is 0 Å².